The molecule has 1 atom stereocenters. The van der Waals surface area contributed by atoms with E-state index in [4.69, 9.17) is 11.6 Å². The maximum absolute atomic E-state index is 12.9. The van der Waals surface area contributed by atoms with Gasteiger partial charge in [-0.05, 0) is 43.4 Å². The molecule has 2 heterocycles. The Morgan fingerprint density at radius 3 is 2.64 bits per heavy atom. The van der Waals surface area contributed by atoms with Gasteiger partial charge < -0.3 is 5.32 Å². The molecule has 0 aliphatic carbocycles. The van der Waals surface area contributed by atoms with E-state index in [1.807, 2.05) is 42.5 Å². The highest BCUT2D eigenvalue weighted by Gasteiger charge is 2.32. The quantitative estimate of drug-likeness (QED) is 0.488. The van der Waals surface area contributed by atoms with Crippen LogP contribution in [0.1, 0.15) is 24.8 Å². The van der Waals surface area contributed by atoms with Crippen molar-refractivity contribution in [2.24, 2.45) is 5.92 Å². The van der Waals surface area contributed by atoms with Crippen LogP contribution in [0.3, 0.4) is 0 Å². The van der Waals surface area contributed by atoms with Crippen LogP contribution >= 0.6 is 22.9 Å². The minimum absolute atomic E-state index is 0.0804. The SMILES string of the molecule is O=C(Nc1nnc(-c2ccc(Cl)cc2)s1)C1CCCN(S(=O)(=O)CCCc2ccccc2)C1. The first kappa shape index (κ1) is 23.8. The molecule has 174 valence electrons. The third-order valence-electron chi connectivity index (χ3n) is 5.61. The maximum atomic E-state index is 12.9. The second-order valence-electron chi connectivity index (χ2n) is 8.01. The highest BCUT2D eigenvalue weighted by molar-refractivity contribution is 7.89. The van der Waals surface area contributed by atoms with Crippen molar-refractivity contribution < 1.29 is 13.2 Å². The van der Waals surface area contributed by atoms with Crippen molar-refractivity contribution in [3.05, 3.63) is 65.2 Å². The molecule has 1 N–H and O–H groups in total. The van der Waals surface area contributed by atoms with Gasteiger partial charge in [-0.2, -0.15) is 0 Å². The minimum atomic E-state index is -3.41. The molecule has 33 heavy (non-hydrogen) atoms. The summed E-state index contributed by atoms with van der Waals surface area (Å²) in [4.78, 5) is 12.8. The van der Waals surface area contributed by atoms with Gasteiger partial charge in [-0.25, -0.2) is 12.7 Å². The van der Waals surface area contributed by atoms with E-state index in [2.05, 4.69) is 15.5 Å². The fourth-order valence-electron chi connectivity index (χ4n) is 3.83. The van der Waals surface area contributed by atoms with Gasteiger partial charge in [0, 0.05) is 23.7 Å². The average molecular weight is 505 g/mol. The molecule has 1 amide bonds. The first-order valence-electron chi connectivity index (χ1n) is 10.8. The summed E-state index contributed by atoms with van der Waals surface area (Å²) in [6.45, 7) is 0.652. The third kappa shape index (κ3) is 6.38. The van der Waals surface area contributed by atoms with Gasteiger partial charge in [-0.3, -0.25) is 4.79 Å². The van der Waals surface area contributed by atoms with Crippen molar-refractivity contribution in [3.8, 4) is 10.6 Å². The molecule has 1 saturated heterocycles. The van der Waals surface area contributed by atoms with Crippen molar-refractivity contribution in [1.82, 2.24) is 14.5 Å². The van der Waals surface area contributed by atoms with E-state index in [1.54, 1.807) is 12.1 Å². The molecule has 0 saturated carbocycles. The standard InChI is InChI=1S/C23H25ClN4O3S2/c24-20-12-10-18(11-13-20)22-26-27-23(32-22)25-21(29)19-9-4-14-28(16-19)33(30,31)15-5-8-17-6-2-1-3-7-17/h1-3,6-7,10-13,19H,4-5,8-9,14-16H2,(H,25,27,29). The number of rotatable bonds is 8. The summed E-state index contributed by atoms with van der Waals surface area (Å²) in [7, 11) is -3.41. The Balaban J connectivity index is 1.32. The molecule has 0 bridgehead atoms. The van der Waals surface area contributed by atoms with Crippen LogP contribution in [0, 0.1) is 5.92 Å². The van der Waals surface area contributed by atoms with E-state index in [1.165, 1.54) is 15.6 Å². The summed E-state index contributed by atoms with van der Waals surface area (Å²) >= 11 is 7.19. The molecule has 2 aromatic carbocycles. The number of anilines is 1. The number of nitrogens with one attached hydrogen (secondary N) is 1. The van der Waals surface area contributed by atoms with Crippen LogP contribution in [-0.2, 0) is 21.2 Å². The number of nitrogens with zero attached hydrogens (tertiary/aromatic N) is 3. The van der Waals surface area contributed by atoms with E-state index < -0.39 is 15.9 Å². The Hall–Kier alpha value is -2.33. The van der Waals surface area contributed by atoms with Gasteiger partial charge in [-0.15, -0.1) is 10.2 Å². The first-order valence-corrected chi connectivity index (χ1v) is 13.6. The van der Waals surface area contributed by atoms with Crippen molar-refractivity contribution in [3.63, 3.8) is 0 Å². The lowest BCUT2D eigenvalue weighted by molar-refractivity contribution is -0.120. The Morgan fingerprint density at radius 1 is 1.12 bits per heavy atom. The van der Waals surface area contributed by atoms with Crippen LogP contribution in [0.25, 0.3) is 10.6 Å². The molecule has 10 heteroatoms. The van der Waals surface area contributed by atoms with Crippen LogP contribution in [0.5, 0.6) is 0 Å². The first-order chi connectivity index (χ1) is 15.9. The zero-order chi connectivity index (χ0) is 23.3. The largest absolute Gasteiger partial charge is 0.300 e. The Bertz CT molecular complexity index is 1180. The number of hydrogen-bond donors (Lipinski definition) is 1. The van der Waals surface area contributed by atoms with E-state index in [0.717, 1.165) is 11.1 Å². The summed E-state index contributed by atoms with van der Waals surface area (Å²) in [5.74, 6) is -0.555. The fourth-order valence-corrected chi connectivity index (χ4v) is 6.29. The third-order valence-corrected chi connectivity index (χ3v) is 8.67. The van der Waals surface area contributed by atoms with Gasteiger partial charge in [0.25, 0.3) is 0 Å². The normalized spacial score (nSPS) is 17.1. The maximum Gasteiger partial charge on any atom is 0.230 e. The van der Waals surface area contributed by atoms with Gasteiger partial charge in [0.15, 0.2) is 0 Å². The molecule has 0 spiro atoms. The molecule has 1 aliphatic rings. The average Bonchev–Trinajstić information content (AvgIpc) is 3.28. The summed E-state index contributed by atoms with van der Waals surface area (Å²) in [5.41, 5.74) is 1.99. The van der Waals surface area contributed by atoms with Crippen molar-refractivity contribution in [2.75, 3.05) is 24.2 Å². The molecule has 1 unspecified atom stereocenters. The van der Waals surface area contributed by atoms with Gasteiger partial charge in [0.2, 0.25) is 21.1 Å². The second kappa shape index (κ2) is 10.7. The van der Waals surface area contributed by atoms with Gasteiger partial charge in [-0.1, -0.05) is 65.4 Å². The molecule has 7 nitrogen and oxygen atoms in total. The zero-order valence-electron chi connectivity index (χ0n) is 18.0. The van der Waals surface area contributed by atoms with Crippen LogP contribution in [-0.4, -0.2) is 47.7 Å². The van der Waals surface area contributed by atoms with Gasteiger partial charge in [0.05, 0.1) is 11.7 Å². The van der Waals surface area contributed by atoms with E-state index in [9.17, 15) is 13.2 Å². The van der Waals surface area contributed by atoms with Crippen LogP contribution in [0.2, 0.25) is 5.02 Å². The number of aryl methyl sites for hydroxylation is 1. The highest BCUT2D eigenvalue weighted by Crippen LogP contribution is 2.28. The zero-order valence-corrected chi connectivity index (χ0v) is 20.4. The summed E-state index contributed by atoms with van der Waals surface area (Å²) < 4.78 is 27.2. The van der Waals surface area contributed by atoms with Crippen LogP contribution in [0.4, 0.5) is 5.13 Å². The lowest BCUT2D eigenvalue weighted by Gasteiger charge is -2.31. The molecule has 1 aliphatic heterocycles. The molecule has 3 aromatic rings. The molecular formula is C23H25ClN4O3S2. The van der Waals surface area contributed by atoms with Crippen molar-refractivity contribution in [1.29, 1.82) is 0 Å². The molecule has 4 rings (SSSR count). The number of benzene rings is 2. The Kier molecular flexibility index (Phi) is 7.75. The van der Waals surface area contributed by atoms with E-state index >= 15 is 0 Å². The summed E-state index contributed by atoms with van der Waals surface area (Å²) in [6.07, 6.45) is 2.57. The fraction of sp³-hybridized carbons (Fsp3) is 0.348. The molecular weight excluding hydrogens is 480 g/mol. The van der Waals surface area contributed by atoms with Crippen molar-refractivity contribution >= 4 is 44.0 Å². The molecule has 1 fully saturated rings. The lowest BCUT2D eigenvalue weighted by Crippen LogP contribution is -2.44. The highest BCUT2D eigenvalue weighted by atomic mass is 35.5. The summed E-state index contributed by atoms with van der Waals surface area (Å²) in [5, 5.41) is 12.7. The number of carbonyl (C=O) groups excluding carboxylic acids is 1. The number of sulfonamides is 1. The number of carbonyl (C=O) groups is 1. The van der Waals surface area contributed by atoms with Crippen molar-refractivity contribution in [2.45, 2.75) is 25.7 Å². The predicted octanol–water partition coefficient (Wildman–Crippen LogP) is 4.47. The Morgan fingerprint density at radius 2 is 1.88 bits per heavy atom. The molecule has 0 radical (unpaired) electrons. The van der Waals surface area contributed by atoms with Gasteiger partial charge in [0.1, 0.15) is 5.01 Å². The van der Waals surface area contributed by atoms with Gasteiger partial charge >= 0.3 is 0 Å². The smallest absolute Gasteiger partial charge is 0.230 e. The number of hydrogen-bond acceptors (Lipinski definition) is 6. The monoisotopic (exact) mass is 504 g/mol. The summed E-state index contributed by atoms with van der Waals surface area (Å²) in [6, 6.07) is 17.1. The lowest BCUT2D eigenvalue weighted by atomic mass is 9.99. The Labute approximate surface area is 202 Å². The number of amides is 1. The topological polar surface area (TPSA) is 92.3 Å². The van der Waals surface area contributed by atoms with Crippen LogP contribution < -0.4 is 5.32 Å². The number of halogens is 1. The second-order valence-corrected chi connectivity index (χ2v) is 11.5. The predicted molar refractivity (Wildman–Crippen MR) is 132 cm³/mol. The van der Waals surface area contributed by atoms with E-state index in [-0.39, 0.29) is 18.2 Å². The van der Waals surface area contributed by atoms with E-state index in [0.29, 0.717) is 47.4 Å². The van der Waals surface area contributed by atoms with Crippen LogP contribution in [0.15, 0.2) is 54.6 Å². The number of piperidine rings is 1. The minimum Gasteiger partial charge on any atom is -0.300 e. The molecule has 1 aromatic heterocycles. The number of aromatic nitrogens is 2.